The highest BCUT2D eigenvalue weighted by Gasteiger charge is 2.39. The van der Waals surface area contributed by atoms with Gasteiger partial charge in [0.15, 0.2) is 0 Å². The molecule has 20 heavy (non-hydrogen) atoms. The van der Waals surface area contributed by atoms with Crippen LogP contribution in [0.25, 0.3) is 0 Å². The number of nitrogens with one attached hydrogen (secondary N) is 2. The van der Waals surface area contributed by atoms with Gasteiger partial charge in [0.25, 0.3) is 5.91 Å². The van der Waals surface area contributed by atoms with E-state index in [1.807, 2.05) is 5.32 Å². The number of pyridine rings is 1. The van der Waals surface area contributed by atoms with Crippen LogP contribution >= 0.6 is 28.1 Å². The number of rotatable bonds is 5. The third-order valence-corrected chi connectivity index (χ3v) is 2.95. The summed E-state index contributed by atoms with van der Waals surface area (Å²) >= 11 is 7.69. The summed E-state index contributed by atoms with van der Waals surface area (Å²) in [5.74, 6) is -0.778. The van der Waals surface area contributed by atoms with Crippen molar-refractivity contribution in [3.63, 3.8) is 0 Å². The fraction of sp³-hybridized carbons (Fsp3) is 0.364. The molecule has 0 bridgehead atoms. The Morgan fingerprint density at radius 3 is 2.75 bits per heavy atom. The number of nitrogens with zero attached hydrogens (tertiary/aromatic N) is 1. The van der Waals surface area contributed by atoms with Gasteiger partial charge in [-0.3, -0.25) is 4.79 Å². The standard InChI is InChI=1S/C11H11BrF3N3OS/c1-2-8(11(13,14)15)18-10(19)7-3-6(12)4-16-9(7)17-5-20/h3-5,8H,2H2,1H3,(H,18,19)(H,16,17,20). The molecular formula is C11H11BrF3N3OS. The Hall–Kier alpha value is -1.22. The van der Waals surface area contributed by atoms with Crippen LogP contribution in [0.5, 0.6) is 0 Å². The number of carbonyl (C=O) groups excluding carboxylic acids is 1. The number of hydrogen-bond donors (Lipinski definition) is 2. The second kappa shape index (κ2) is 6.98. The zero-order chi connectivity index (χ0) is 15.3. The molecule has 4 nitrogen and oxygen atoms in total. The minimum Gasteiger partial charge on any atom is -0.340 e. The number of thiocarbonyl (C=S) groups is 1. The quantitative estimate of drug-likeness (QED) is 0.782. The van der Waals surface area contributed by atoms with Crippen LogP contribution in [-0.4, -0.2) is 28.6 Å². The maximum atomic E-state index is 12.6. The van der Waals surface area contributed by atoms with Gasteiger partial charge in [0, 0.05) is 10.7 Å². The molecule has 0 spiro atoms. The second-order valence-electron chi connectivity index (χ2n) is 3.79. The van der Waals surface area contributed by atoms with E-state index in [9.17, 15) is 18.0 Å². The van der Waals surface area contributed by atoms with Gasteiger partial charge < -0.3 is 10.6 Å². The van der Waals surface area contributed by atoms with Crippen LogP contribution in [0.4, 0.5) is 19.0 Å². The molecule has 1 atom stereocenters. The van der Waals surface area contributed by atoms with Gasteiger partial charge in [0.1, 0.15) is 11.9 Å². The predicted octanol–water partition coefficient (Wildman–Crippen LogP) is 3.28. The Bertz CT molecular complexity index is 510. The molecule has 0 aliphatic rings. The van der Waals surface area contributed by atoms with Crippen LogP contribution in [0.15, 0.2) is 16.7 Å². The SMILES string of the molecule is CCC(NC(=O)c1cc(Br)cnc1NC=S)C(F)(F)F. The van der Waals surface area contributed by atoms with Crippen molar-refractivity contribution in [2.24, 2.45) is 0 Å². The van der Waals surface area contributed by atoms with E-state index in [0.29, 0.717) is 4.47 Å². The van der Waals surface area contributed by atoms with Crippen molar-refractivity contribution in [1.29, 1.82) is 0 Å². The number of alkyl halides is 3. The topological polar surface area (TPSA) is 54.0 Å². The van der Waals surface area contributed by atoms with Crippen molar-refractivity contribution in [2.45, 2.75) is 25.6 Å². The highest BCUT2D eigenvalue weighted by Crippen LogP contribution is 2.24. The highest BCUT2D eigenvalue weighted by molar-refractivity contribution is 9.10. The van der Waals surface area contributed by atoms with Crippen LogP contribution in [0.3, 0.4) is 0 Å². The monoisotopic (exact) mass is 369 g/mol. The summed E-state index contributed by atoms with van der Waals surface area (Å²) in [6.07, 6.45) is -3.35. The molecule has 1 rings (SSSR count). The Balaban J connectivity index is 3.02. The Morgan fingerprint density at radius 1 is 1.60 bits per heavy atom. The molecule has 110 valence electrons. The van der Waals surface area contributed by atoms with Gasteiger partial charge in [-0.15, -0.1) is 0 Å². The van der Waals surface area contributed by atoms with E-state index in [-0.39, 0.29) is 17.8 Å². The summed E-state index contributed by atoms with van der Waals surface area (Å²) in [5, 5.41) is 4.47. The number of halogens is 4. The van der Waals surface area contributed by atoms with Crippen molar-refractivity contribution in [3.05, 3.63) is 22.3 Å². The van der Waals surface area contributed by atoms with Gasteiger partial charge in [-0.1, -0.05) is 19.1 Å². The first-order valence-corrected chi connectivity index (χ1v) is 6.79. The van der Waals surface area contributed by atoms with Crippen molar-refractivity contribution >= 4 is 45.4 Å². The van der Waals surface area contributed by atoms with E-state index >= 15 is 0 Å². The maximum Gasteiger partial charge on any atom is 0.408 e. The first kappa shape index (κ1) is 16.8. The lowest BCUT2D eigenvalue weighted by molar-refractivity contribution is -0.153. The van der Waals surface area contributed by atoms with E-state index in [4.69, 9.17) is 0 Å². The van der Waals surface area contributed by atoms with E-state index < -0.39 is 18.1 Å². The molecule has 1 unspecified atom stereocenters. The first-order chi connectivity index (χ1) is 9.29. The van der Waals surface area contributed by atoms with Crippen molar-refractivity contribution in [3.8, 4) is 0 Å². The molecule has 9 heteroatoms. The van der Waals surface area contributed by atoms with Gasteiger partial charge in [-0.05, 0) is 28.4 Å². The number of aromatic nitrogens is 1. The summed E-state index contributed by atoms with van der Waals surface area (Å²) in [6.45, 7) is 1.34. The normalized spacial score (nSPS) is 12.7. The molecule has 0 aliphatic carbocycles. The lowest BCUT2D eigenvalue weighted by atomic mass is 10.2. The fourth-order valence-corrected chi connectivity index (χ4v) is 1.88. The molecule has 1 aromatic heterocycles. The average molecular weight is 370 g/mol. The number of amides is 1. The van der Waals surface area contributed by atoms with Crippen LogP contribution in [0.2, 0.25) is 0 Å². The van der Waals surface area contributed by atoms with E-state index in [0.717, 1.165) is 5.49 Å². The first-order valence-electron chi connectivity index (χ1n) is 5.52. The van der Waals surface area contributed by atoms with Gasteiger partial charge in [-0.2, -0.15) is 13.2 Å². The van der Waals surface area contributed by atoms with E-state index in [2.05, 4.69) is 38.4 Å². The lowest BCUT2D eigenvalue weighted by Crippen LogP contribution is -2.45. The molecule has 0 saturated carbocycles. The lowest BCUT2D eigenvalue weighted by Gasteiger charge is -2.20. The summed E-state index contributed by atoms with van der Waals surface area (Å²) < 4.78 is 38.4. The molecule has 0 aliphatic heterocycles. The molecule has 0 radical (unpaired) electrons. The van der Waals surface area contributed by atoms with Gasteiger partial charge >= 0.3 is 6.18 Å². The molecule has 1 aromatic rings. The fourth-order valence-electron chi connectivity index (χ4n) is 1.43. The van der Waals surface area contributed by atoms with Crippen molar-refractivity contribution < 1.29 is 18.0 Å². The van der Waals surface area contributed by atoms with Crippen molar-refractivity contribution in [1.82, 2.24) is 10.3 Å². The Morgan fingerprint density at radius 2 is 2.25 bits per heavy atom. The molecule has 0 fully saturated rings. The Kier molecular flexibility index (Phi) is 5.88. The molecule has 0 aromatic carbocycles. The number of hydrogen-bond acceptors (Lipinski definition) is 3. The second-order valence-corrected chi connectivity index (χ2v) is 4.94. The van der Waals surface area contributed by atoms with Crippen molar-refractivity contribution in [2.75, 3.05) is 5.32 Å². The predicted molar refractivity (Wildman–Crippen MR) is 76.8 cm³/mol. The van der Waals surface area contributed by atoms with E-state index in [1.54, 1.807) is 0 Å². The van der Waals surface area contributed by atoms with Crippen LogP contribution in [-0.2, 0) is 0 Å². The van der Waals surface area contributed by atoms with Gasteiger partial charge in [0.05, 0.1) is 11.1 Å². The summed E-state index contributed by atoms with van der Waals surface area (Å²) in [6, 6.07) is -0.540. The molecule has 2 N–H and O–H groups in total. The Labute approximate surface area is 127 Å². The van der Waals surface area contributed by atoms with Gasteiger partial charge in [-0.25, -0.2) is 4.98 Å². The highest BCUT2D eigenvalue weighted by atomic mass is 79.9. The molecular weight excluding hydrogens is 359 g/mol. The zero-order valence-electron chi connectivity index (χ0n) is 10.3. The van der Waals surface area contributed by atoms with Gasteiger partial charge in [0.2, 0.25) is 0 Å². The molecule has 1 amide bonds. The largest absolute Gasteiger partial charge is 0.408 e. The van der Waals surface area contributed by atoms with Crippen LogP contribution < -0.4 is 10.6 Å². The number of anilines is 1. The molecule has 0 saturated heterocycles. The minimum atomic E-state index is -4.50. The molecule has 1 heterocycles. The summed E-state index contributed by atoms with van der Waals surface area (Å²) in [5.41, 5.74) is 1.09. The maximum absolute atomic E-state index is 12.6. The number of carbonyl (C=O) groups is 1. The summed E-state index contributed by atoms with van der Waals surface area (Å²) in [7, 11) is 0. The third-order valence-electron chi connectivity index (χ3n) is 2.40. The minimum absolute atomic E-state index is 0.0248. The van der Waals surface area contributed by atoms with Crippen LogP contribution in [0.1, 0.15) is 23.7 Å². The third kappa shape index (κ3) is 4.41. The average Bonchev–Trinajstić information content (AvgIpc) is 2.36. The smallest absolute Gasteiger partial charge is 0.340 e. The van der Waals surface area contributed by atoms with E-state index in [1.165, 1.54) is 19.2 Å². The summed E-state index contributed by atoms with van der Waals surface area (Å²) in [4.78, 5) is 15.8. The van der Waals surface area contributed by atoms with Crippen LogP contribution in [0, 0.1) is 0 Å². The zero-order valence-corrected chi connectivity index (χ0v) is 12.7.